The van der Waals surface area contributed by atoms with E-state index in [1.807, 2.05) is 20.8 Å². The van der Waals surface area contributed by atoms with Crippen molar-refractivity contribution in [2.75, 3.05) is 11.9 Å². The average molecular weight is 250 g/mol. The second-order valence-corrected chi connectivity index (χ2v) is 5.00. The Balaban J connectivity index is 2.68. The monoisotopic (exact) mass is 250 g/mol. The second-order valence-electron chi connectivity index (χ2n) is 5.00. The van der Waals surface area contributed by atoms with Crippen LogP contribution in [0.25, 0.3) is 0 Å². The van der Waals surface area contributed by atoms with Gasteiger partial charge in [0.05, 0.1) is 17.8 Å². The number of aromatic carboxylic acids is 1. The topological polar surface area (TPSA) is 78.4 Å². The lowest BCUT2D eigenvalue weighted by Crippen LogP contribution is -2.41. The maximum absolute atomic E-state index is 11.7. The summed E-state index contributed by atoms with van der Waals surface area (Å²) in [5.74, 6) is -1.33. The number of para-hydroxylation sites is 1. The summed E-state index contributed by atoms with van der Waals surface area (Å²) >= 11 is 0. The van der Waals surface area contributed by atoms with E-state index in [1.165, 1.54) is 6.07 Å². The standard InChI is InChI=1S/C13H18N2O3/c1-13(2,3)14-8-11(16)15-10-7-5-4-6-9(10)12(17)18/h4-7,14H,8H2,1-3H3,(H,15,16)(H,17,18). The smallest absolute Gasteiger partial charge is 0.337 e. The van der Waals surface area contributed by atoms with E-state index in [-0.39, 0.29) is 23.6 Å². The molecule has 0 atom stereocenters. The molecule has 0 bridgehead atoms. The summed E-state index contributed by atoms with van der Waals surface area (Å²) in [6.07, 6.45) is 0. The highest BCUT2D eigenvalue weighted by atomic mass is 16.4. The predicted octanol–water partition coefficient (Wildman–Crippen LogP) is 1.71. The van der Waals surface area contributed by atoms with E-state index in [9.17, 15) is 9.59 Å². The van der Waals surface area contributed by atoms with Gasteiger partial charge in [0.2, 0.25) is 5.91 Å². The molecule has 1 amide bonds. The van der Waals surface area contributed by atoms with E-state index in [0.29, 0.717) is 5.69 Å². The van der Waals surface area contributed by atoms with Crippen molar-refractivity contribution in [3.63, 3.8) is 0 Å². The van der Waals surface area contributed by atoms with Crippen LogP contribution in [0.2, 0.25) is 0 Å². The minimum atomic E-state index is -1.06. The summed E-state index contributed by atoms with van der Waals surface area (Å²) in [6, 6.07) is 6.32. The molecule has 0 fully saturated rings. The third-order valence-electron chi connectivity index (χ3n) is 2.21. The van der Waals surface area contributed by atoms with Crippen molar-refractivity contribution in [1.29, 1.82) is 0 Å². The molecule has 3 N–H and O–H groups in total. The molecular weight excluding hydrogens is 232 g/mol. The fourth-order valence-corrected chi connectivity index (χ4v) is 1.32. The Morgan fingerprint density at radius 1 is 1.22 bits per heavy atom. The van der Waals surface area contributed by atoms with Crippen LogP contribution in [0.4, 0.5) is 5.69 Å². The van der Waals surface area contributed by atoms with E-state index in [2.05, 4.69) is 10.6 Å². The van der Waals surface area contributed by atoms with Gasteiger partial charge in [-0.3, -0.25) is 4.79 Å². The van der Waals surface area contributed by atoms with Crippen LogP contribution in [0.1, 0.15) is 31.1 Å². The molecule has 0 spiro atoms. The first kappa shape index (κ1) is 14.2. The Hall–Kier alpha value is -1.88. The zero-order chi connectivity index (χ0) is 13.8. The van der Waals surface area contributed by atoms with Gasteiger partial charge in [-0.1, -0.05) is 12.1 Å². The van der Waals surface area contributed by atoms with E-state index < -0.39 is 5.97 Å². The normalized spacial score (nSPS) is 11.1. The lowest BCUT2D eigenvalue weighted by atomic mass is 10.1. The molecule has 0 heterocycles. The van der Waals surface area contributed by atoms with Crippen LogP contribution in [0.3, 0.4) is 0 Å². The average Bonchev–Trinajstić information content (AvgIpc) is 2.26. The first-order valence-electron chi connectivity index (χ1n) is 5.67. The zero-order valence-corrected chi connectivity index (χ0v) is 10.8. The van der Waals surface area contributed by atoms with E-state index in [4.69, 9.17) is 5.11 Å². The number of benzene rings is 1. The van der Waals surface area contributed by atoms with Crippen molar-refractivity contribution >= 4 is 17.6 Å². The van der Waals surface area contributed by atoms with E-state index in [1.54, 1.807) is 18.2 Å². The van der Waals surface area contributed by atoms with Gasteiger partial charge >= 0.3 is 5.97 Å². The van der Waals surface area contributed by atoms with Gasteiger partial charge in [-0.15, -0.1) is 0 Å². The number of hydrogen-bond acceptors (Lipinski definition) is 3. The van der Waals surface area contributed by atoms with Crippen LogP contribution in [0, 0.1) is 0 Å². The lowest BCUT2D eigenvalue weighted by Gasteiger charge is -2.20. The maximum atomic E-state index is 11.7. The zero-order valence-electron chi connectivity index (χ0n) is 10.8. The van der Waals surface area contributed by atoms with Gasteiger partial charge in [0.25, 0.3) is 0 Å². The number of nitrogens with one attached hydrogen (secondary N) is 2. The molecule has 98 valence electrons. The van der Waals surface area contributed by atoms with Gasteiger partial charge < -0.3 is 15.7 Å². The third kappa shape index (κ3) is 4.55. The summed E-state index contributed by atoms with van der Waals surface area (Å²) in [7, 11) is 0. The summed E-state index contributed by atoms with van der Waals surface area (Å²) in [5, 5.41) is 14.6. The number of carbonyl (C=O) groups excluding carboxylic acids is 1. The fourth-order valence-electron chi connectivity index (χ4n) is 1.32. The Morgan fingerprint density at radius 3 is 2.39 bits per heavy atom. The predicted molar refractivity (Wildman–Crippen MR) is 69.8 cm³/mol. The molecule has 0 radical (unpaired) electrons. The number of carboxylic acids is 1. The van der Waals surface area contributed by atoms with Crippen LogP contribution < -0.4 is 10.6 Å². The maximum Gasteiger partial charge on any atom is 0.337 e. The molecule has 0 aliphatic rings. The van der Waals surface area contributed by atoms with Crippen LogP contribution in [0.5, 0.6) is 0 Å². The molecule has 18 heavy (non-hydrogen) atoms. The van der Waals surface area contributed by atoms with Gasteiger partial charge in [0.1, 0.15) is 0 Å². The van der Waals surface area contributed by atoms with Gasteiger partial charge in [0, 0.05) is 5.54 Å². The first-order valence-corrected chi connectivity index (χ1v) is 5.67. The van der Waals surface area contributed by atoms with Gasteiger partial charge in [0.15, 0.2) is 0 Å². The van der Waals surface area contributed by atoms with E-state index in [0.717, 1.165) is 0 Å². The van der Waals surface area contributed by atoms with E-state index >= 15 is 0 Å². The summed E-state index contributed by atoms with van der Waals surface area (Å²) < 4.78 is 0. The largest absolute Gasteiger partial charge is 0.478 e. The Kier molecular flexibility index (Phi) is 4.44. The van der Waals surface area contributed by atoms with Crippen LogP contribution in [-0.2, 0) is 4.79 Å². The van der Waals surface area contributed by atoms with Crippen molar-refractivity contribution < 1.29 is 14.7 Å². The fraction of sp³-hybridized carbons (Fsp3) is 0.385. The minimum Gasteiger partial charge on any atom is -0.478 e. The van der Waals surface area contributed by atoms with Crippen molar-refractivity contribution in [3.8, 4) is 0 Å². The number of carboxylic acid groups (broad SMARTS) is 1. The SMILES string of the molecule is CC(C)(C)NCC(=O)Nc1ccccc1C(=O)O. The van der Waals surface area contributed by atoms with Gasteiger partial charge in [-0.2, -0.15) is 0 Å². The summed E-state index contributed by atoms with van der Waals surface area (Å²) in [4.78, 5) is 22.6. The Morgan fingerprint density at radius 2 is 1.83 bits per heavy atom. The molecular formula is C13H18N2O3. The highest BCUT2D eigenvalue weighted by Crippen LogP contribution is 2.14. The van der Waals surface area contributed by atoms with Crippen LogP contribution in [-0.4, -0.2) is 29.1 Å². The molecule has 0 aliphatic heterocycles. The number of carbonyl (C=O) groups is 2. The third-order valence-corrected chi connectivity index (χ3v) is 2.21. The number of amides is 1. The molecule has 0 saturated heterocycles. The molecule has 1 aromatic rings. The van der Waals surface area contributed by atoms with Gasteiger partial charge in [-0.25, -0.2) is 4.79 Å². The number of anilines is 1. The molecule has 5 heteroatoms. The number of rotatable bonds is 4. The highest BCUT2D eigenvalue weighted by molar-refractivity contribution is 6.01. The van der Waals surface area contributed by atoms with Crippen molar-refractivity contribution in [2.24, 2.45) is 0 Å². The highest BCUT2D eigenvalue weighted by Gasteiger charge is 2.14. The van der Waals surface area contributed by atoms with Crippen molar-refractivity contribution in [3.05, 3.63) is 29.8 Å². The minimum absolute atomic E-state index is 0.0848. The quantitative estimate of drug-likeness (QED) is 0.760. The molecule has 1 rings (SSSR count). The number of hydrogen-bond donors (Lipinski definition) is 3. The molecule has 0 saturated carbocycles. The second kappa shape index (κ2) is 5.64. The molecule has 0 aliphatic carbocycles. The summed E-state index contributed by atoms with van der Waals surface area (Å²) in [5.41, 5.74) is 0.233. The Labute approximate surface area is 106 Å². The summed E-state index contributed by atoms with van der Waals surface area (Å²) in [6.45, 7) is 5.99. The first-order chi connectivity index (χ1) is 8.29. The molecule has 0 aromatic heterocycles. The molecule has 5 nitrogen and oxygen atoms in total. The van der Waals surface area contributed by atoms with Gasteiger partial charge in [-0.05, 0) is 32.9 Å². The van der Waals surface area contributed by atoms with Crippen LogP contribution >= 0.6 is 0 Å². The molecule has 0 unspecified atom stereocenters. The molecule has 1 aromatic carbocycles. The Bertz CT molecular complexity index is 450. The van der Waals surface area contributed by atoms with Crippen molar-refractivity contribution in [1.82, 2.24) is 5.32 Å². The van der Waals surface area contributed by atoms with Crippen LogP contribution in [0.15, 0.2) is 24.3 Å². The van der Waals surface area contributed by atoms with Crippen molar-refractivity contribution in [2.45, 2.75) is 26.3 Å². The lowest BCUT2D eigenvalue weighted by molar-refractivity contribution is -0.115.